The summed E-state index contributed by atoms with van der Waals surface area (Å²) in [5.41, 5.74) is 7.55. The largest absolute Gasteiger partial charge is 0.306 e. The molecule has 2 aromatic rings. The number of fused-ring (bicyclic) bond motifs is 1. The molecule has 1 unspecified atom stereocenters. The zero-order valence-electron chi connectivity index (χ0n) is 17.6. The van der Waals surface area contributed by atoms with Crippen LogP contribution in [0.25, 0.3) is 5.57 Å². The maximum atomic E-state index is 6.20. The summed E-state index contributed by atoms with van der Waals surface area (Å²) in [7, 11) is 2.23. The van der Waals surface area contributed by atoms with Gasteiger partial charge in [0.25, 0.3) is 0 Å². The lowest BCUT2D eigenvalue weighted by atomic mass is 9.79. The Kier molecular flexibility index (Phi) is 5.18. The molecule has 1 fully saturated rings. The van der Waals surface area contributed by atoms with Crippen molar-refractivity contribution in [1.29, 1.82) is 0 Å². The van der Waals surface area contributed by atoms with Gasteiger partial charge in [0.15, 0.2) is 0 Å². The van der Waals surface area contributed by atoms with E-state index in [9.17, 15) is 0 Å². The van der Waals surface area contributed by atoms with Crippen LogP contribution in [0.2, 0.25) is 5.02 Å². The predicted octanol–water partition coefficient (Wildman–Crippen LogP) is 7.14. The van der Waals surface area contributed by atoms with Crippen molar-refractivity contribution < 1.29 is 0 Å². The monoisotopic (exact) mass is 411 g/mol. The summed E-state index contributed by atoms with van der Waals surface area (Å²) in [5.74, 6) is 0. The highest BCUT2D eigenvalue weighted by Crippen LogP contribution is 2.60. The highest BCUT2D eigenvalue weighted by atomic mass is 35.5. The van der Waals surface area contributed by atoms with Crippen LogP contribution >= 0.6 is 23.4 Å². The summed E-state index contributed by atoms with van der Waals surface area (Å²) in [5, 5.41) is 0.802. The van der Waals surface area contributed by atoms with Gasteiger partial charge in [0.2, 0.25) is 0 Å². The zero-order chi connectivity index (χ0) is 20.1. The Hall–Kier alpha value is -1.22. The Morgan fingerprint density at radius 1 is 1.00 bits per heavy atom. The number of thioether (sulfide) groups is 1. The molecule has 2 aliphatic heterocycles. The fraction of sp³-hybridized carbons (Fsp3) is 0.440. The van der Waals surface area contributed by atoms with Gasteiger partial charge in [-0.15, -0.1) is 11.8 Å². The molecular weight excluding hydrogens is 382 g/mol. The van der Waals surface area contributed by atoms with Crippen LogP contribution in [0.4, 0.5) is 0 Å². The van der Waals surface area contributed by atoms with Crippen LogP contribution < -0.4 is 0 Å². The fourth-order valence-corrected chi connectivity index (χ4v) is 6.03. The highest BCUT2D eigenvalue weighted by Gasteiger charge is 2.42. The van der Waals surface area contributed by atoms with Gasteiger partial charge >= 0.3 is 0 Å². The van der Waals surface area contributed by atoms with E-state index >= 15 is 0 Å². The van der Waals surface area contributed by atoms with Gasteiger partial charge in [-0.25, -0.2) is 0 Å². The third-order valence-electron chi connectivity index (χ3n) is 6.25. The van der Waals surface area contributed by atoms with Gasteiger partial charge in [-0.2, -0.15) is 0 Å². The Morgan fingerprint density at radius 2 is 1.64 bits per heavy atom. The van der Waals surface area contributed by atoms with E-state index in [0.717, 1.165) is 31.0 Å². The Labute approximate surface area is 179 Å². The van der Waals surface area contributed by atoms with Crippen LogP contribution in [0.3, 0.4) is 0 Å². The predicted molar refractivity (Wildman–Crippen MR) is 123 cm³/mol. The molecule has 3 heteroatoms. The first-order valence-corrected chi connectivity index (χ1v) is 11.4. The first kappa shape index (κ1) is 20.1. The second-order valence-corrected chi connectivity index (χ2v) is 11.3. The van der Waals surface area contributed by atoms with Crippen molar-refractivity contribution in [2.24, 2.45) is 0 Å². The summed E-state index contributed by atoms with van der Waals surface area (Å²) in [4.78, 5) is 3.85. The standard InChI is InChI=1S/C25H30ClNS/c1-24(2,3)19-8-11-22-21(16-19)23(17-12-14-27(5)15-13-17)25(4,28-22)18-6-9-20(26)10-7-18/h6-11,16H,12-15H2,1-5H3. The van der Waals surface area contributed by atoms with Gasteiger partial charge in [-0.1, -0.05) is 56.1 Å². The number of benzene rings is 2. The Balaban J connectivity index is 1.90. The van der Waals surface area contributed by atoms with E-state index in [2.05, 4.69) is 70.0 Å². The minimum atomic E-state index is -0.0608. The number of likely N-dealkylation sites (tertiary alicyclic amines) is 1. The van der Waals surface area contributed by atoms with Crippen molar-refractivity contribution in [2.45, 2.75) is 55.6 Å². The van der Waals surface area contributed by atoms with Gasteiger partial charge in [-0.05, 0) is 78.8 Å². The summed E-state index contributed by atoms with van der Waals surface area (Å²) >= 11 is 8.21. The van der Waals surface area contributed by atoms with Crippen LogP contribution in [0.1, 0.15) is 57.2 Å². The van der Waals surface area contributed by atoms with E-state index in [1.54, 1.807) is 11.1 Å². The quantitative estimate of drug-likeness (QED) is 0.490. The molecule has 4 rings (SSSR count). The van der Waals surface area contributed by atoms with Crippen LogP contribution in [0.15, 0.2) is 52.9 Å². The molecule has 148 valence electrons. The lowest BCUT2D eigenvalue weighted by molar-refractivity contribution is 0.312. The fourth-order valence-electron chi connectivity index (χ4n) is 4.45. The van der Waals surface area contributed by atoms with Gasteiger partial charge in [-0.3, -0.25) is 0 Å². The van der Waals surface area contributed by atoms with Crippen LogP contribution in [0.5, 0.6) is 0 Å². The van der Waals surface area contributed by atoms with Crippen LogP contribution in [0, 0.1) is 0 Å². The number of halogens is 1. The molecular formula is C25H30ClNS. The van der Waals surface area contributed by atoms with Gasteiger partial charge in [0.05, 0.1) is 4.75 Å². The normalized spacial score (nSPS) is 23.2. The second-order valence-electron chi connectivity index (χ2n) is 9.38. The summed E-state index contributed by atoms with van der Waals surface area (Å²) in [6.45, 7) is 11.6. The molecule has 1 atom stereocenters. The molecule has 2 heterocycles. The van der Waals surface area contributed by atoms with E-state index in [1.807, 2.05) is 23.9 Å². The molecule has 0 N–H and O–H groups in total. The van der Waals surface area contributed by atoms with Gasteiger partial charge in [0.1, 0.15) is 0 Å². The first-order chi connectivity index (χ1) is 13.2. The van der Waals surface area contributed by atoms with Crippen molar-refractivity contribution in [3.05, 3.63) is 69.8 Å². The molecule has 2 aliphatic rings. The average molecular weight is 412 g/mol. The molecule has 0 aliphatic carbocycles. The minimum absolute atomic E-state index is 0.0608. The lowest BCUT2D eigenvalue weighted by Crippen LogP contribution is -2.28. The summed E-state index contributed by atoms with van der Waals surface area (Å²) in [6, 6.07) is 15.6. The molecule has 0 radical (unpaired) electrons. The summed E-state index contributed by atoms with van der Waals surface area (Å²) in [6.07, 6.45) is 2.32. The Bertz CT molecular complexity index is 913. The second kappa shape index (κ2) is 7.23. The minimum Gasteiger partial charge on any atom is -0.306 e. The van der Waals surface area contributed by atoms with Gasteiger partial charge in [0, 0.05) is 23.0 Å². The van der Waals surface area contributed by atoms with E-state index in [0.29, 0.717) is 0 Å². The molecule has 0 saturated carbocycles. The van der Waals surface area contributed by atoms with E-state index in [1.165, 1.54) is 21.6 Å². The molecule has 0 bridgehead atoms. The SMILES string of the molecule is CN1CCC(=C2c3cc(C(C)(C)C)ccc3SC2(C)c2ccc(Cl)cc2)CC1. The van der Waals surface area contributed by atoms with Crippen LogP contribution in [-0.4, -0.2) is 25.0 Å². The van der Waals surface area contributed by atoms with Gasteiger partial charge < -0.3 is 4.90 Å². The van der Waals surface area contributed by atoms with Crippen molar-refractivity contribution in [1.82, 2.24) is 4.90 Å². The number of hydrogen-bond acceptors (Lipinski definition) is 2. The van der Waals surface area contributed by atoms with Crippen molar-refractivity contribution in [3.8, 4) is 0 Å². The molecule has 1 nitrogen and oxygen atoms in total. The van der Waals surface area contributed by atoms with E-state index in [4.69, 9.17) is 11.6 Å². The Morgan fingerprint density at radius 3 is 2.25 bits per heavy atom. The number of nitrogens with zero attached hydrogens (tertiary/aromatic N) is 1. The molecule has 0 spiro atoms. The molecule has 1 saturated heterocycles. The smallest absolute Gasteiger partial charge is 0.0681 e. The zero-order valence-corrected chi connectivity index (χ0v) is 19.2. The van der Waals surface area contributed by atoms with Crippen LogP contribution in [-0.2, 0) is 10.2 Å². The number of hydrogen-bond donors (Lipinski definition) is 0. The van der Waals surface area contributed by atoms with Crippen molar-refractivity contribution in [2.75, 3.05) is 20.1 Å². The number of piperidine rings is 1. The molecule has 0 aromatic heterocycles. The average Bonchev–Trinajstić information content (AvgIpc) is 2.94. The van der Waals surface area contributed by atoms with E-state index < -0.39 is 0 Å². The molecule has 2 aromatic carbocycles. The molecule has 0 amide bonds. The first-order valence-electron chi connectivity index (χ1n) is 10.2. The maximum absolute atomic E-state index is 6.20. The maximum Gasteiger partial charge on any atom is 0.0681 e. The lowest BCUT2D eigenvalue weighted by Gasteiger charge is -2.32. The summed E-state index contributed by atoms with van der Waals surface area (Å²) < 4.78 is -0.0608. The third kappa shape index (κ3) is 3.56. The van der Waals surface area contributed by atoms with Crippen molar-refractivity contribution in [3.63, 3.8) is 0 Å². The third-order valence-corrected chi connectivity index (χ3v) is 7.92. The topological polar surface area (TPSA) is 3.24 Å². The van der Waals surface area contributed by atoms with Crippen molar-refractivity contribution >= 4 is 28.9 Å². The highest BCUT2D eigenvalue weighted by molar-refractivity contribution is 8.01. The van der Waals surface area contributed by atoms with E-state index in [-0.39, 0.29) is 10.2 Å². The number of rotatable bonds is 1. The molecule has 28 heavy (non-hydrogen) atoms.